The van der Waals surface area contributed by atoms with E-state index in [2.05, 4.69) is 10.6 Å². The second-order valence-corrected chi connectivity index (χ2v) is 4.81. The fourth-order valence-electron chi connectivity index (χ4n) is 1.96. The van der Waals surface area contributed by atoms with Crippen LogP contribution in [0.4, 0.5) is 13.2 Å². The molecule has 1 atom stereocenters. The van der Waals surface area contributed by atoms with Crippen LogP contribution in [-0.2, 0) is 4.79 Å². The number of alkyl halides is 3. The van der Waals surface area contributed by atoms with E-state index in [1.807, 2.05) is 6.92 Å². The quantitative estimate of drug-likeness (QED) is 0.725. The van der Waals surface area contributed by atoms with Gasteiger partial charge in [0.05, 0.1) is 5.92 Å². The van der Waals surface area contributed by atoms with E-state index in [1.54, 1.807) is 18.2 Å². The molecule has 1 aromatic carbocycles. The summed E-state index contributed by atoms with van der Waals surface area (Å²) in [7, 11) is 0. The van der Waals surface area contributed by atoms with E-state index < -0.39 is 24.4 Å². The second-order valence-electron chi connectivity index (χ2n) is 4.81. The summed E-state index contributed by atoms with van der Waals surface area (Å²) in [5.74, 6) is -2.35. The van der Waals surface area contributed by atoms with Gasteiger partial charge in [-0.1, -0.05) is 37.3 Å². The van der Waals surface area contributed by atoms with Gasteiger partial charge in [-0.15, -0.1) is 0 Å². The molecule has 0 spiro atoms. The van der Waals surface area contributed by atoms with Gasteiger partial charge in [0.15, 0.2) is 0 Å². The maximum atomic E-state index is 13.1. The first-order valence-corrected chi connectivity index (χ1v) is 7.04. The summed E-state index contributed by atoms with van der Waals surface area (Å²) in [6.07, 6.45) is -4.04. The second kappa shape index (κ2) is 8.67. The largest absolute Gasteiger partial charge is 0.396 e. The minimum atomic E-state index is -4.43. The van der Waals surface area contributed by atoms with Gasteiger partial charge in [0.2, 0.25) is 5.91 Å². The minimum Gasteiger partial charge on any atom is -0.355 e. The molecule has 1 amide bonds. The lowest BCUT2D eigenvalue weighted by atomic mass is 9.95. The van der Waals surface area contributed by atoms with Crippen LogP contribution < -0.4 is 10.6 Å². The summed E-state index contributed by atoms with van der Waals surface area (Å²) in [4.78, 5) is 11.7. The molecule has 3 nitrogen and oxygen atoms in total. The average Bonchev–Trinajstić information content (AvgIpc) is 2.44. The molecule has 1 unspecified atom stereocenters. The molecule has 1 aromatic rings. The van der Waals surface area contributed by atoms with E-state index in [9.17, 15) is 18.0 Å². The molecular weight excluding hydrogens is 281 g/mol. The number of carbonyl (C=O) groups excluding carboxylic acids is 1. The summed E-state index contributed by atoms with van der Waals surface area (Å²) in [5.41, 5.74) is 0.115. The van der Waals surface area contributed by atoms with Gasteiger partial charge in [0.1, 0.15) is 0 Å². The SMILES string of the molecule is CCCNCCNC(=O)CC(c1ccccc1)C(F)(F)F. The van der Waals surface area contributed by atoms with Crippen LogP contribution in [0, 0.1) is 0 Å². The topological polar surface area (TPSA) is 41.1 Å². The molecule has 0 saturated heterocycles. The van der Waals surface area contributed by atoms with Crippen molar-refractivity contribution in [2.75, 3.05) is 19.6 Å². The molecule has 0 radical (unpaired) electrons. The normalized spacial score (nSPS) is 13.0. The van der Waals surface area contributed by atoms with Gasteiger partial charge in [0, 0.05) is 19.5 Å². The van der Waals surface area contributed by atoms with E-state index in [-0.39, 0.29) is 5.56 Å². The Bertz CT molecular complexity index is 421. The third-order valence-corrected chi connectivity index (χ3v) is 3.04. The first-order valence-electron chi connectivity index (χ1n) is 7.04. The maximum Gasteiger partial charge on any atom is 0.396 e. The number of amides is 1. The molecule has 0 aromatic heterocycles. The molecule has 118 valence electrons. The third-order valence-electron chi connectivity index (χ3n) is 3.04. The smallest absolute Gasteiger partial charge is 0.355 e. The van der Waals surface area contributed by atoms with Crippen LogP contribution in [0.1, 0.15) is 31.2 Å². The number of hydrogen-bond donors (Lipinski definition) is 2. The van der Waals surface area contributed by atoms with Crippen LogP contribution in [0.15, 0.2) is 30.3 Å². The van der Waals surface area contributed by atoms with E-state index in [4.69, 9.17) is 0 Å². The number of carbonyl (C=O) groups is 1. The predicted molar refractivity (Wildman–Crippen MR) is 76.0 cm³/mol. The number of nitrogens with one attached hydrogen (secondary N) is 2. The highest BCUT2D eigenvalue weighted by Crippen LogP contribution is 2.37. The predicted octanol–water partition coefficient (Wildman–Crippen LogP) is 2.84. The molecule has 0 aliphatic rings. The number of hydrogen-bond acceptors (Lipinski definition) is 2. The molecule has 0 saturated carbocycles. The monoisotopic (exact) mass is 302 g/mol. The molecule has 1 rings (SSSR count). The van der Waals surface area contributed by atoms with E-state index in [0.717, 1.165) is 13.0 Å². The van der Waals surface area contributed by atoms with Crippen molar-refractivity contribution in [1.29, 1.82) is 0 Å². The standard InChI is InChI=1S/C15H21F3N2O/c1-2-8-19-9-10-20-14(21)11-13(15(16,17)18)12-6-4-3-5-7-12/h3-7,13,19H,2,8-11H2,1H3,(H,20,21). The number of benzene rings is 1. The Morgan fingerprint density at radius 1 is 1.14 bits per heavy atom. The van der Waals surface area contributed by atoms with E-state index in [0.29, 0.717) is 13.1 Å². The Balaban J connectivity index is 2.52. The van der Waals surface area contributed by atoms with Crippen molar-refractivity contribution in [3.63, 3.8) is 0 Å². The van der Waals surface area contributed by atoms with Crippen LogP contribution in [0.2, 0.25) is 0 Å². The number of rotatable bonds is 8. The van der Waals surface area contributed by atoms with Crippen molar-refractivity contribution >= 4 is 5.91 Å². The van der Waals surface area contributed by atoms with Crippen molar-refractivity contribution in [3.8, 4) is 0 Å². The lowest BCUT2D eigenvalue weighted by molar-refractivity contribution is -0.157. The van der Waals surface area contributed by atoms with Gasteiger partial charge in [-0.3, -0.25) is 4.79 Å². The van der Waals surface area contributed by atoms with Gasteiger partial charge in [-0.2, -0.15) is 13.2 Å². The van der Waals surface area contributed by atoms with Crippen LogP contribution in [0.5, 0.6) is 0 Å². The molecule has 0 fully saturated rings. The Hall–Kier alpha value is -1.56. The van der Waals surface area contributed by atoms with Gasteiger partial charge in [-0.25, -0.2) is 0 Å². The Morgan fingerprint density at radius 3 is 2.38 bits per heavy atom. The molecule has 2 N–H and O–H groups in total. The highest BCUT2D eigenvalue weighted by atomic mass is 19.4. The van der Waals surface area contributed by atoms with Crippen molar-refractivity contribution in [2.24, 2.45) is 0 Å². The highest BCUT2D eigenvalue weighted by molar-refractivity contribution is 5.77. The Morgan fingerprint density at radius 2 is 1.81 bits per heavy atom. The van der Waals surface area contributed by atoms with Crippen LogP contribution in [0.3, 0.4) is 0 Å². The van der Waals surface area contributed by atoms with Crippen LogP contribution >= 0.6 is 0 Å². The molecule has 6 heteroatoms. The van der Waals surface area contributed by atoms with Crippen molar-refractivity contribution in [3.05, 3.63) is 35.9 Å². The Kier molecular flexibility index (Phi) is 7.22. The summed E-state index contributed by atoms with van der Waals surface area (Å²) in [6, 6.07) is 7.53. The molecule has 0 aliphatic heterocycles. The lowest BCUT2D eigenvalue weighted by Gasteiger charge is -2.20. The number of halogens is 3. The van der Waals surface area contributed by atoms with Gasteiger partial charge < -0.3 is 10.6 Å². The minimum absolute atomic E-state index is 0.115. The van der Waals surface area contributed by atoms with Crippen LogP contribution in [-0.4, -0.2) is 31.7 Å². The first kappa shape index (κ1) is 17.5. The van der Waals surface area contributed by atoms with Crippen molar-refractivity contribution in [1.82, 2.24) is 10.6 Å². The summed E-state index contributed by atoms with van der Waals surface area (Å²) >= 11 is 0. The summed E-state index contributed by atoms with van der Waals surface area (Å²) in [5, 5.41) is 5.58. The fourth-order valence-corrected chi connectivity index (χ4v) is 1.96. The van der Waals surface area contributed by atoms with Crippen LogP contribution in [0.25, 0.3) is 0 Å². The zero-order valence-electron chi connectivity index (χ0n) is 12.0. The zero-order valence-corrected chi connectivity index (χ0v) is 12.0. The maximum absolute atomic E-state index is 13.1. The van der Waals surface area contributed by atoms with Gasteiger partial charge in [-0.05, 0) is 18.5 Å². The molecule has 0 aliphatic carbocycles. The zero-order chi connectivity index (χ0) is 15.7. The molecule has 0 heterocycles. The molecular formula is C15H21F3N2O. The fraction of sp³-hybridized carbons (Fsp3) is 0.533. The van der Waals surface area contributed by atoms with E-state index >= 15 is 0 Å². The van der Waals surface area contributed by atoms with Crippen molar-refractivity contribution in [2.45, 2.75) is 31.9 Å². The average molecular weight is 302 g/mol. The third kappa shape index (κ3) is 6.62. The summed E-state index contributed by atoms with van der Waals surface area (Å²) < 4.78 is 39.2. The molecule has 0 bridgehead atoms. The summed E-state index contributed by atoms with van der Waals surface area (Å²) in [6.45, 7) is 3.73. The lowest BCUT2D eigenvalue weighted by Crippen LogP contribution is -2.34. The van der Waals surface area contributed by atoms with E-state index in [1.165, 1.54) is 12.1 Å². The Labute approximate surface area is 122 Å². The first-order chi connectivity index (χ1) is 9.95. The highest BCUT2D eigenvalue weighted by Gasteiger charge is 2.41. The van der Waals surface area contributed by atoms with Gasteiger partial charge in [0.25, 0.3) is 0 Å². The molecule has 21 heavy (non-hydrogen) atoms. The van der Waals surface area contributed by atoms with Gasteiger partial charge >= 0.3 is 6.18 Å². The van der Waals surface area contributed by atoms with Crippen molar-refractivity contribution < 1.29 is 18.0 Å².